The van der Waals surface area contributed by atoms with Crippen LogP contribution < -0.4 is 10.2 Å². The van der Waals surface area contributed by atoms with Gasteiger partial charge in [-0.05, 0) is 60.3 Å². The molecule has 0 saturated carbocycles. The Labute approximate surface area is 148 Å². The first-order valence-electron chi connectivity index (χ1n) is 6.37. The van der Waals surface area contributed by atoms with Crippen molar-refractivity contribution in [2.45, 2.75) is 5.37 Å². The molecule has 2 aromatic carbocycles. The van der Waals surface area contributed by atoms with Gasteiger partial charge in [-0.2, -0.15) is 0 Å². The van der Waals surface area contributed by atoms with E-state index in [4.69, 9.17) is 0 Å². The van der Waals surface area contributed by atoms with Crippen LogP contribution in [-0.2, 0) is 4.79 Å². The van der Waals surface area contributed by atoms with E-state index in [0.717, 1.165) is 26.4 Å². The highest BCUT2D eigenvalue weighted by atomic mass is 79.9. The number of hydrogen-bond acceptors (Lipinski definition) is 4. The smallest absolute Gasteiger partial charge is 0.295 e. The number of nitrogens with zero attached hydrogens (tertiary/aromatic N) is 1. The maximum Gasteiger partial charge on any atom is 0.295 e. The van der Waals surface area contributed by atoms with Crippen molar-refractivity contribution in [1.29, 1.82) is 0 Å². The summed E-state index contributed by atoms with van der Waals surface area (Å²) in [6.45, 7) is 0. The van der Waals surface area contributed by atoms with Crippen LogP contribution >= 0.6 is 43.6 Å². The molecule has 0 bridgehead atoms. The van der Waals surface area contributed by atoms with Crippen LogP contribution in [0.25, 0.3) is 0 Å². The first-order chi connectivity index (χ1) is 10.5. The molecule has 1 heterocycles. The molecule has 4 nitrogen and oxygen atoms in total. The SMILES string of the molecule is O=C1SC(Nc2ccc(Br)cc2)C(=O)N1c1ccc(Br)cc1. The number of anilines is 2. The highest BCUT2D eigenvalue weighted by Crippen LogP contribution is 2.33. The summed E-state index contributed by atoms with van der Waals surface area (Å²) in [5, 5.41) is 2.19. The second-order valence-corrected chi connectivity index (χ2v) is 7.45. The van der Waals surface area contributed by atoms with E-state index in [-0.39, 0.29) is 11.1 Å². The molecule has 22 heavy (non-hydrogen) atoms. The molecule has 3 rings (SSSR count). The van der Waals surface area contributed by atoms with Crippen LogP contribution in [0.15, 0.2) is 57.5 Å². The zero-order chi connectivity index (χ0) is 15.7. The minimum absolute atomic E-state index is 0.264. The van der Waals surface area contributed by atoms with Crippen LogP contribution in [0, 0.1) is 0 Å². The molecule has 1 unspecified atom stereocenters. The van der Waals surface area contributed by atoms with Crippen LogP contribution in [0.5, 0.6) is 0 Å². The van der Waals surface area contributed by atoms with E-state index >= 15 is 0 Å². The molecule has 0 radical (unpaired) electrons. The van der Waals surface area contributed by atoms with Gasteiger partial charge in [0.2, 0.25) is 0 Å². The number of thioether (sulfide) groups is 1. The third-order valence-electron chi connectivity index (χ3n) is 3.07. The van der Waals surface area contributed by atoms with E-state index < -0.39 is 5.37 Å². The molecule has 1 N–H and O–H groups in total. The molecule has 0 spiro atoms. The zero-order valence-corrected chi connectivity index (χ0v) is 15.1. The quantitative estimate of drug-likeness (QED) is 0.739. The third-order valence-corrected chi connectivity index (χ3v) is 5.07. The van der Waals surface area contributed by atoms with Gasteiger partial charge < -0.3 is 5.32 Å². The summed E-state index contributed by atoms with van der Waals surface area (Å²) in [5.74, 6) is -0.264. The molecule has 2 amide bonds. The Morgan fingerprint density at radius 1 is 0.909 bits per heavy atom. The summed E-state index contributed by atoms with van der Waals surface area (Å²) in [6, 6.07) is 14.5. The molecule has 1 atom stereocenters. The average molecular weight is 442 g/mol. The molecular formula is C15H10Br2N2O2S. The monoisotopic (exact) mass is 440 g/mol. The summed E-state index contributed by atoms with van der Waals surface area (Å²) in [6.07, 6.45) is 0. The maximum absolute atomic E-state index is 12.5. The number of carbonyl (C=O) groups excluding carboxylic acids is 2. The van der Waals surface area contributed by atoms with Gasteiger partial charge in [-0.25, -0.2) is 4.90 Å². The fourth-order valence-corrected chi connectivity index (χ4v) is 3.45. The number of nitrogens with one attached hydrogen (secondary N) is 1. The Balaban J connectivity index is 1.79. The molecule has 0 aromatic heterocycles. The van der Waals surface area contributed by atoms with Crippen molar-refractivity contribution in [3.63, 3.8) is 0 Å². The van der Waals surface area contributed by atoms with Gasteiger partial charge in [0.25, 0.3) is 11.1 Å². The Kier molecular flexibility index (Phi) is 4.56. The minimum atomic E-state index is -0.614. The Hall–Kier alpha value is -1.31. The van der Waals surface area contributed by atoms with Gasteiger partial charge in [0, 0.05) is 14.6 Å². The van der Waals surface area contributed by atoms with Gasteiger partial charge in [-0.1, -0.05) is 31.9 Å². The van der Waals surface area contributed by atoms with E-state index in [1.165, 1.54) is 4.90 Å². The number of halogens is 2. The molecule has 2 aromatic rings. The lowest BCUT2D eigenvalue weighted by atomic mass is 10.3. The number of hydrogen-bond donors (Lipinski definition) is 1. The summed E-state index contributed by atoms with van der Waals surface area (Å²) < 4.78 is 1.85. The largest absolute Gasteiger partial charge is 0.365 e. The van der Waals surface area contributed by atoms with E-state index in [9.17, 15) is 9.59 Å². The summed E-state index contributed by atoms with van der Waals surface area (Å²) in [4.78, 5) is 25.8. The fourth-order valence-electron chi connectivity index (χ4n) is 2.02. The van der Waals surface area contributed by atoms with E-state index in [0.29, 0.717) is 5.69 Å². The summed E-state index contributed by atoms with van der Waals surface area (Å²) >= 11 is 7.68. The van der Waals surface area contributed by atoms with Crippen molar-refractivity contribution in [3.8, 4) is 0 Å². The lowest BCUT2D eigenvalue weighted by molar-refractivity contribution is -0.116. The minimum Gasteiger partial charge on any atom is -0.365 e. The highest BCUT2D eigenvalue weighted by Gasteiger charge is 2.40. The Morgan fingerprint density at radius 3 is 2.05 bits per heavy atom. The first kappa shape index (κ1) is 15.6. The van der Waals surface area contributed by atoms with Crippen LogP contribution in [0.3, 0.4) is 0 Å². The zero-order valence-electron chi connectivity index (χ0n) is 11.1. The molecule has 0 aliphatic carbocycles. The standard InChI is InChI=1S/C15H10Br2N2O2S/c16-9-1-5-11(6-2-9)18-13-14(20)19(15(21)22-13)12-7-3-10(17)4-8-12/h1-8,13,18H. The predicted octanol–water partition coefficient (Wildman–Crippen LogP) is 4.85. The van der Waals surface area contributed by atoms with Crippen molar-refractivity contribution >= 4 is 66.1 Å². The van der Waals surface area contributed by atoms with Crippen molar-refractivity contribution in [3.05, 3.63) is 57.5 Å². The number of amides is 2. The fraction of sp³-hybridized carbons (Fsp3) is 0.0667. The van der Waals surface area contributed by atoms with Crippen LogP contribution in [-0.4, -0.2) is 16.5 Å². The molecule has 112 valence electrons. The van der Waals surface area contributed by atoms with Crippen LogP contribution in [0.2, 0.25) is 0 Å². The lowest BCUT2D eigenvalue weighted by Crippen LogP contribution is -2.34. The molecular weight excluding hydrogens is 432 g/mol. The van der Waals surface area contributed by atoms with Crippen molar-refractivity contribution in [1.82, 2.24) is 0 Å². The normalized spacial score (nSPS) is 17.9. The second-order valence-electron chi connectivity index (χ2n) is 4.57. The molecule has 7 heteroatoms. The van der Waals surface area contributed by atoms with Crippen molar-refractivity contribution < 1.29 is 9.59 Å². The molecule has 1 fully saturated rings. The number of imide groups is 1. The lowest BCUT2D eigenvalue weighted by Gasteiger charge is -2.15. The molecule has 1 aliphatic heterocycles. The summed E-state index contributed by atoms with van der Waals surface area (Å²) in [5.41, 5.74) is 1.37. The van der Waals surface area contributed by atoms with Gasteiger partial charge in [-0.3, -0.25) is 9.59 Å². The van der Waals surface area contributed by atoms with E-state index in [1.54, 1.807) is 24.3 Å². The van der Waals surface area contributed by atoms with Crippen molar-refractivity contribution in [2.24, 2.45) is 0 Å². The van der Waals surface area contributed by atoms with E-state index in [2.05, 4.69) is 37.2 Å². The van der Waals surface area contributed by atoms with Gasteiger partial charge >= 0.3 is 0 Å². The van der Waals surface area contributed by atoms with Gasteiger partial charge in [-0.15, -0.1) is 0 Å². The Bertz CT molecular complexity index is 719. The number of carbonyl (C=O) groups is 2. The summed E-state index contributed by atoms with van der Waals surface area (Å²) in [7, 11) is 0. The second kappa shape index (κ2) is 6.44. The van der Waals surface area contributed by atoms with Crippen LogP contribution in [0.1, 0.15) is 0 Å². The third kappa shape index (κ3) is 3.21. The van der Waals surface area contributed by atoms with Gasteiger partial charge in [0.15, 0.2) is 5.37 Å². The first-order valence-corrected chi connectivity index (χ1v) is 8.83. The predicted molar refractivity (Wildman–Crippen MR) is 96.2 cm³/mol. The molecule has 1 aliphatic rings. The Morgan fingerprint density at radius 2 is 1.45 bits per heavy atom. The number of rotatable bonds is 3. The number of benzene rings is 2. The topological polar surface area (TPSA) is 49.4 Å². The maximum atomic E-state index is 12.5. The van der Waals surface area contributed by atoms with E-state index in [1.807, 2.05) is 24.3 Å². The highest BCUT2D eigenvalue weighted by molar-refractivity contribution is 9.10. The van der Waals surface area contributed by atoms with Crippen molar-refractivity contribution in [2.75, 3.05) is 10.2 Å². The molecule has 1 saturated heterocycles. The van der Waals surface area contributed by atoms with Gasteiger partial charge in [0.05, 0.1) is 5.69 Å². The average Bonchev–Trinajstić information content (AvgIpc) is 2.77. The van der Waals surface area contributed by atoms with Crippen LogP contribution in [0.4, 0.5) is 16.2 Å². The van der Waals surface area contributed by atoms with Gasteiger partial charge in [0.1, 0.15) is 0 Å².